The smallest absolute Gasteiger partial charge is 0.315 e. The number of hydrogen-bond acceptors (Lipinski definition) is 5. The van der Waals surface area contributed by atoms with E-state index in [1.165, 1.54) is 25.4 Å². The summed E-state index contributed by atoms with van der Waals surface area (Å²) in [5.41, 5.74) is 1.95. The largest absolute Gasteiger partial charge is 0.386 e. The van der Waals surface area contributed by atoms with Gasteiger partial charge in [-0.05, 0) is 24.2 Å². The fourth-order valence-corrected chi connectivity index (χ4v) is 3.20. The second-order valence-electron chi connectivity index (χ2n) is 6.14. The van der Waals surface area contributed by atoms with E-state index in [9.17, 15) is 31.5 Å². The van der Waals surface area contributed by atoms with Crippen LogP contribution >= 0.6 is 0 Å². The summed E-state index contributed by atoms with van der Waals surface area (Å²) in [7, 11) is -2.13. The SMILES string of the molecule is CNS(=O)(=O)Cc1ccc(-c2ccc(C(O)C(CF)NC(=O)C(F)F)cc2)cn1. The average Bonchev–Trinajstić information content (AvgIpc) is 2.71. The van der Waals surface area contributed by atoms with Crippen LogP contribution in [0.4, 0.5) is 13.2 Å². The van der Waals surface area contributed by atoms with Crippen molar-refractivity contribution in [3.05, 3.63) is 53.9 Å². The highest BCUT2D eigenvalue weighted by atomic mass is 32.2. The maximum Gasteiger partial charge on any atom is 0.315 e. The molecule has 2 rings (SSSR count). The quantitative estimate of drug-likeness (QED) is 0.558. The number of aliphatic hydroxyl groups is 1. The Morgan fingerprint density at radius 2 is 1.76 bits per heavy atom. The number of rotatable bonds is 9. The van der Waals surface area contributed by atoms with Crippen molar-refractivity contribution in [2.24, 2.45) is 0 Å². The van der Waals surface area contributed by atoms with Gasteiger partial charge in [-0.1, -0.05) is 30.3 Å². The van der Waals surface area contributed by atoms with Crippen LogP contribution in [0.15, 0.2) is 42.6 Å². The monoisotopic (exact) mass is 431 g/mol. The maximum atomic E-state index is 13.1. The summed E-state index contributed by atoms with van der Waals surface area (Å²) in [5, 5.41) is 11.9. The van der Waals surface area contributed by atoms with Crippen LogP contribution < -0.4 is 10.0 Å². The van der Waals surface area contributed by atoms with Crippen molar-refractivity contribution in [2.75, 3.05) is 13.7 Å². The first-order valence-corrected chi connectivity index (χ1v) is 10.1. The molecule has 158 valence electrons. The Kier molecular flexibility index (Phi) is 7.71. The Bertz CT molecular complexity index is 922. The second-order valence-corrected chi connectivity index (χ2v) is 8.06. The molecule has 0 aliphatic rings. The standard InChI is InChI=1S/C18H20F3N3O4S/c1-22-29(27,28)10-14-7-6-13(9-23-14)11-2-4-12(5-3-11)16(25)15(8-19)24-18(26)17(20)21/h2-7,9,15-17,22,25H,8,10H2,1H3,(H,24,26). The molecule has 0 saturated heterocycles. The van der Waals surface area contributed by atoms with E-state index >= 15 is 0 Å². The van der Waals surface area contributed by atoms with Crippen molar-refractivity contribution in [3.8, 4) is 11.1 Å². The van der Waals surface area contributed by atoms with Gasteiger partial charge in [-0.2, -0.15) is 8.78 Å². The van der Waals surface area contributed by atoms with Crippen LogP contribution in [0.1, 0.15) is 17.4 Å². The maximum absolute atomic E-state index is 13.1. The van der Waals surface area contributed by atoms with E-state index in [-0.39, 0.29) is 11.3 Å². The number of nitrogens with one attached hydrogen (secondary N) is 2. The number of halogens is 3. The van der Waals surface area contributed by atoms with Crippen molar-refractivity contribution < 1.29 is 31.5 Å². The number of carbonyl (C=O) groups is 1. The lowest BCUT2D eigenvalue weighted by Gasteiger charge is -2.22. The van der Waals surface area contributed by atoms with Gasteiger partial charge in [0.25, 0.3) is 5.91 Å². The Labute approximate surface area is 166 Å². The summed E-state index contributed by atoms with van der Waals surface area (Å²) in [5.74, 6) is -1.92. The second kappa shape index (κ2) is 9.81. The third-order valence-electron chi connectivity index (χ3n) is 4.13. The van der Waals surface area contributed by atoms with Gasteiger partial charge >= 0.3 is 6.43 Å². The highest BCUT2D eigenvalue weighted by Crippen LogP contribution is 2.24. The number of sulfonamides is 1. The van der Waals surface area contributed by atoms with Gasteiger partial charge in [0.1, 0.15) is 18.5 Å². The molecular weight excluding hydrogens is 411 g/mol. The molecule has 2 unspecified atom stereocenters. The molecule has 2 atom stereocenters. The molecule has 11 heteroatoms. The van der Waals surface area contributed by atoms with E-state index in [4.69, 9.17) is 0 Å². The van der Waals surface area contributed by atoms with E-state index in [1.807, 2.05) is 0 Å². The van der Waals surface area contributed by atoms with E-state index in [1.54, 1.807) is 29.6 Å². The van der Waals surface area contributed by atoms with Crippen LogP contribution in [0, 0.1) is 0 Å². The van der Waals surface area contributed by atoms with Crippen LogP contribution in [0.3, 0.4) is 0 Å². The Hall–Kier alpha value is -2.50. The first-order chi connectivity index (χ1) is 13.7. The van der Waals surface area contributed by atoms with Crippen molar-refractivity contribution in [3.63, 3.8) is 0 Å². The fourth-order valence-electron chi connectivity index (χ4n) is 2.50. The zero-order valence-corrected chi connectivity index (χ0v) is 16.2. The molecule has 0 radical (unpaired) electrons. The first kappa shape index (κ1) is 22.8. The van der Waals surface area contributed by atoms with Gasteiger partial charge in [-0.25, -0.2) is 17.5 Å². The third-order valence-corrected chi connectivity index (χ3v) is 5.43. The van der Waals surface area contributed by atoms with Crippen LogP contribution in [0.25, 0.3) is 11.1 Å². The Morgan fingerprint density at radius 1 is 1.14 bits per heavy atom. The number of nitrogens with zero attached hydrogens (tertiary/aromatic N) is 1. The minimum Gasteiger partial charge on any atom is -0.386 e. The molecule has 0 aliphatic heterocycles. The molecule has 1 aromatic heterocycles. The number of pyridine rings is 1. The number of amides is 1. The van der Waals surface area contributed by atoms with Crippen LogP contribution in [-0.2, 0) is 20.6 Å². The lowest BCUT2D eigenvalue weighted by Crippen LogP contribution is -2.43. The van der Waals surface area contributed by atoms with Gasteiger partial charge < -0.3 is 10.4 Å². The van der Waals surface area contributed by atoms with E-state index in [0.717, 1.165) is 0 Å². The zero-order valence-electron chi connectivity index (χ0n) is 15.3. The molecule has 1 amide bonds. The molecule has 1 aromatic carbocycles. The number of aliphatic hydroxyl groups excluding tert-OH is 1. The van der Waals surface area contributed by atoms with Crippen molar-refractivity contribution >= 4 is 15.9 Å². The number of benzene rings is 1. The number of carbonyl (C=O) groups excluding carboxylic acids is 1. The van der Waals surface area contributed by atoms with Gasteiger partial charge in [-0.3, -0.25) is 9.78 Å². The van der Waals surface area contributed by atoms with Gasteiger partial charge in [0.2, 0.25) is 10.0 Å². The van der Waals surface area contributed by atoms with Crippen molar-refractivity contribution in [1.82, 2.24) is 15.0 Å². The highest BCUT2D eigenvalue weighted by molar-refractivity contribution is 7.88. The molecule has 3 N–H and O–H groups in total. The first-order valence-electron chi connectivity index (χ1n) is 8.46. The van der Waals surface area contributed by atoms with Gasteiger partial charge in [-0.15, -0.1) is 0 Å². The van der Waals surface area contributed by atoms with Crippen molar-refractivity contribution in [1.29, 1.82) is 0 Å². The Balaban J connectivity index is 2.12. The lowest BCUT2D eigenvalue weighted by atomic mass is 9.99. The predicted molar refractivity (Wildman–Crippen MR) is 100 cm³/mol. The van der Waals surface area contributed by atoms with Gasteiger partial charge in [0.15, 0.2) is 0 Å². The summed E-state index contributed by atoms with van der Waals surface area (Å²) in [6.45, 7) is -1.22. The molecular formula is C18H20F3N3O4S. The molecule has 0 spiro atoms. The summed E-state index contributed by atoms with van der Waals surface area (Å²) in [4.78, 5) is 15.1. The number of hydrogen-bond donors (Lipinski definition) is 3. The van der Waals surface area contributed by atoms with E-state index in [2.05, 4.69) is 9.71 Å². The summed E-state index contributed by atoms with van der Waals surface area (Å²) in [6, 6.07) is 7.87. The zero-order chi connectivity index (χ0) is 21.6. The number of aromatic nitrogens is 1. The van der Waals surface area contributed by atoms with Crippen LogP contribution in [-0.4, -0.2) is 50.6 Å². The minimum absolute atomic E-state index is 0.232. The van der Waals surface area contributed by atoms with Crippen LogP contribution in [0.5, 0.6) is 0 Å². The molecule has 1 heterocycles. The summed E-state index contributed by atoms with van der Waals surface area (Å²) in [6.07, 6.45) is -3.33. The third kappa shape index (κ3) is 6.24. The lowest BCUT2D eigenvalue weighted by molar-refractivity contribution is -0.133. The van der Waals surface area contributed by atoms with Gasteiger partial charge in [0, 0.05) is 11.8 Å². The fraction of sp³-hybridized carbons (Fsp3) is 0.333. The highest BCUT2D eigenvalue weighted by Gasteiger charge is 2.26. The van der Waals surface area contributed by atoms with E-state index in [0.29, 0.717) is 16.8 Å². The molecule has 0 fully saturated rings. The van der Waals surface area contributed by atoms with Crippen molar-refractivity contribution in [2.45, 2.75) is 24.3 Å². The molecule has 7 nitrogen and oxygen atoms in total. The van der Waals surface area contributed by atoms with Gasteiger partial charge in [0.05, 0.1) is 11.7 Å². The molecule has 29 heavy (non-hydrogen) atoms. The molecule has 0 saturated carbocycles. The minimum atomic E-state index is -3.44. The summed E-state index contributed by atoms with van der Waals surface area (Å²) >= 11 is 0. The van der Waals surface area contributed by atoms with E-state index < -0.39 is 41.2 Å². The summed E-state index contributed by atoms with van der Waals surface area (Å²) < 4.78 is 63.0. The normalized spacial score (nSPS) is 13.9. The number of alkyl halides is 3. The molecule has 0 aliphatic carbocycles. The molecule has 2 aromatic rings. The topological polar surface area (TPSA) is 108 Å². The predicted octanol–water partition coefficient (Wildman–Crippen LogP) is 1.55. The average molecular weight is 431 g/mol. The van der Waals surface area contributed by atoms with Crippen LogP contribution in [0.2, 0.25) is 0 Å². The molecule has 0 bridgehead atoms. The Morgan fingerprint density at radius 3 is 2.24 bits per heavy atom.